The van der Waals surface area contributed by atoms with Crippen LogP contribution in [-0.2, 0) is 10.2 Å². The molecule has 1 fully saturated rings. The SMILES string of the molecule is CC(C)(C)c1ccc(NCCCC2CCCO2)cc1. The first-order valence-electron chi connectivity index (χ1n) is 7.52. The summed E-state index contributed by atoms with van der Waals surface area (Å²) in [5, 5.41) is 3.49. The highest BCUT2D eigenvalue weighted by molar-refractivity contribution is 5.45. The van der Waals surface area contributed by atoms with Gasteiger partial charge in [-0.1, -0.05) is 32.9 Å². The molecule has 1 unspecified atom stereocenters. The number of nitrogens with one attached hydrogen (secondary N) is 1. The van der Waals surface area contributed by atoms with E-state index >= 15 is 0 Å². The molecule has 0 bridgehead atoms. The van der Waals surface area contributed by atoms with E-state index in [1.807, 2.05) is 0 Å². The van der Waals surface area contributed by atoms with Crippen molar-refractivity contribution in [3.05, 3.63) is 29.8 Å². The van der Waals surface area contributed by atoms with Gasteiger partial charge in [0.05, 0.1) is 6.10 Å². The quantitative estimate of drug-likeness (QED) is 0.795. The second-order valence-corrected chi connectivity index (χ2v) is 6.53. The van der Waals surface area contributed by atoms with Crippen molar-refractivity contribution in [1.29, 1.82) is 0 Å². The van der Waals surface area contributed by atoms with Crippen molar-refractivity contribution < 1.29 is 4.74 Å². The molecule has 1 saturated heterocycles. The third-order valence-electron chi connectivity index (χ3n) is 3.81. The molecule has 1 aliphatic rings. The van der Waals surface area contributed by atoms with Crippen molar-refractivity contribution in [2.75, 3.05) is 18.5 Å². The average molecular weight is 261 g/mol. The summed E-state index contributed by atoms with van der Waals surface area (Å²) in [6.45, 7) is 8.74. The molecule has 1 aromatic rings. The molecule has 0 aliphatic carbocycles. The zero-order valence-electron chi connectivity index (χ0n) is 12.5. The van der Waals surface area contributed by atoms with Crippen LogP contribution in [0, 0.1) is 0 Å². The first-order chi connectivity index (χ1) is 9.05. The van der Waals surface area contributed by atoms with Crippen molar-refractivity contribution in [3.8, 4) is 0 Å². The van der Waals surface area contributed by atoms with Crippen LogP contribution in [0.2, 0.25) is 0 Å². The molecule has 2 nitrogen and oxygen atoms in total. The summed E-state index contributed by atoms with van der Waals surface area (Å²) in [6.07, 6.45) is 5.39. The lowest BCUT2D eigenvalue weighted by Gasteiger charge is -2.19. The maximum Gasteiger partial charge on any atom is 0.0576 e. The van der Waals surface area contributed by atoms with Crippen LogP contribution < -0.4 is 5.32 Å². The Balaban J connectivity index is 1.71. The minimum Gasteiger partial charge on any atom is -0.385 e. The van der Waals surface area contributed by atoms with Gasteiger partial charge in [-0.15, -0.1) is 0 Å². The Morgan fingerprint density at radius 2 is 1.95 bits per heavy atom. The third kappa shape index (κ3) is 4.54. The van der Waals surface area contributed by atoms with Gasteiger partial charge in [-0.25, -0.2) is 0 Å². The molecule has 19 heavy (non-hydrogen) atoms. The molecule has 0 amide bonds. The van der Waals surface area contributed by atoms with Crippen LogP contribution in [0.4, 0.5) is 5.69 Å². The van der Waals surface area contributed by atoms with E-state index < -0.39 is 0 Å². The molecule has 2 rings (SSSR count). The molecule has 0 radical (unpaired) electrons. The third-order valence-corrected chi connectivity index (χ3v) is 3.81. The van der Waals surface area contributed by atoms with Gasteiger partial charge in [-0.3, -0.25) is 0 Å². The highest BCUT2D eigenvalue weighted by Gasteiger charge is 2.14. The summed E-state index contributed by atoms with van der Waals surface area (Å²) in [6, 6.07) is 8.82. The summed E-state index contributed by atoms with van der Waals surface area (Å²) >= 11 is 0. The van der Waals surface area contributed by atoms with E-state index in [4.69, 9.17) is 4.74 Å². The highest BCUT2D eigenvalue weighted by Crippen LogP contribution is 2.23. The largest absolute Gasteiger partial charge is 0.385 e. The Kier molecular flexibility index (Phi) is 4.87. The van der Waals surface area contributed by atoms with Gasteiger partial charge in [0.2, 0.25) is 0 Å². The van der Waals surface area contributed by atoms with Crippen molar-refractivity contribution in [3.63, 3.8) is 0 Å². The van der Waals surface area contributed by atoms with Crippen LogP contribution in [-0.4, -0.2) is 19.3 Å². The van der Waals surface area contributed by atoms with Crippen LogP contribution in [0.1, 0.15) is 52.0 Å². The number of anilines is 1. The number of ether oxygens (including phenoxy) is 1. The van der Waals surface area contributed by atoms with Gasteiger partial charge in [-0.2, -0.15) is 0 Å². The summed E-state index contributed by atoms with van der Waals surface area (Å²) in [7, 11) is 0. The normalized spacial score (nSPS) is 19.6. The molecule has 2 heteroatoms. The zero-order valence-corrected chi connectivity index (χ0v) is 12.5. The van der Waals surface area contributed by atoms with Gasteiger partial charge >= 0.3 is 0 Å². The fourth-order valence-electron chi connectivity index (χ4n) is 2.52. The van der Waals surface area contributed by atoms with Crippen LogP contribution in [0.25, 0.3) is 0 Å². The van der Waals surface area contributed by atoms with E-state index in [9.17, 15) is 0 Å². The molecule has 1 aromatic carbocycles. The minimum atomic E-state index is 0.234. The first kappa shape index (κ1) is 14.4. The second kappa shape index (κ2) is 6.42. The van der Waals surface area contributed by atoms with E-state index in [2.05, 4.69) is 50.4 Å². The van der Waals surface area contributed by atoms with Gasteiger partial charge in [0.25, 0.3) is 0 Å². The Bertz CT molecular complexity index is 371. The van der Waals surface area contributed by atoms with Crippen LogP contribution in [0.5, 0.6) is 0 Å². The predicted molar refractivity (Wildman–Crippen MR) is 81.8 cm³/mol. The summed E-state index contributed by atoms with van der Waals surface area (Å²) in [5.74, 6) is 0. The highest BCUT2D eigenvalue weighted by atomic mass is 16.5. The predicted octanol–water partition coefficient (Wildman–Crippen LogP) is 4.36. The van der Waals surface area contributed by atoms with Gasteiger partial charge in [0.15, 0.2) is 0 Å². The van der Waals surface area contributed by atoms with Gasteiger partial charge in [0.1, 0.15) is 0 Å². The lowest BCUT2D eigenvalue weighted by Crippen LogP contribution is -2.11. The Hall–Kier alpha value is -1.02. The molecule has 0 saturated carbocycles. The second-order valence-electron chi connectivity index (χ2n) is 6.53. The topological polar surface area (TPSA) is 21.3 Å². The first-order valence-corrected chi connectivity index (χ1v) is 7.52. The van der Waals surface area contributed by atoms with E-state index in [0.717, 1.165) is 13.2 Å². The van der Waals surface area contributed by atoms with Crippen molar-refractivity contribution >= 4 is 5.69 Å². The van der Waals surface area contributed by atoms with E-state index in [0.29, 0.717) is 6.10 Å². The number of hydrogen-bond donors (Lipinski definition) is 1. The Morgan fingerprint density at radius 1 is 1.21 bits per heavy atom. The molecule has 1 heterocycles. The summed E-state index contributed by atoms with van der Waals surface area (Å²) in [4.78, 5) is 0. The number of hydrogen-bond acceptors (Lipinski definition) is 2. The van der Waals surface area contributed by atoms with Crippen LogP contribution >= 0.6 is 0 Å². The molecule has 0 spiro atoms. The van der Waals surface area contributed by atoms with E-state index in [1.165, 1.54) is 36.9 Å². The summed E-state index contributed by atoms with van der Waals surface area (Å²) < 4.78 is 5.63. The smallest absolute Gasteiger partial charge is 0.0576 e. The molecule has 0 aromatic heterocycles. The summed E-state index contributed by atoms with van der Waals surface area (Å²) in [5.41, 5.74) is 2.84. The molecular weight excluding hydrogens is 234 g/mol. The lowest BCUT2D eigenvalue weighted by molar-refractivity contribution is 0.103. The molecule has 1 N–H and O–H groups in total. The van der Waals surface area contributed by atoms with Crippen LogP contribution in [0.15, 0.2) is 24.3 Å². The van der Waals surface area contributed by atoms with Crippen molar-refractivity contribution in [1.82, 2.24) is 0 Å². The van der Waals surface area contributed by atoms with Crippen LogP contribution in [0.3, 0.4) is 0 Å². The monoisotopic (exact) mass is 261 g/mol. The molecule has 106 valence electrons. The molecule has 1 aliphatic heterocycles. The van der Waals surface area contributed by atoms with Gasteiger partial charge in [-0.05, 0) is 48.8 Å². The van der Waals surface area contributed by atoms with E-state index in [1.54, 1.807) is 0 Å². The number of rotatable bonds is 5. The fourth-order valence-corrected chi connectivity index (χ4v) is 2.52. The van der Waals surface area contributed by atoms with Gasteiger partial charge < -0.3 is 10.1 Å². The van der Waals surface area contributed by atoms with E-state index in [-0.39, 0.29) is 5.41 Å². The maximum absolute atomic E-state index is 5.63. The van der Waals surface area contributed by atoms with Gasteiger partial charge in [0, 0.05) is 18.8 Å². The standard InChI is InChI=1S/C17H27NO/c1-17(2,3)14-8-10-15(11-9-14)18-12-4-6-16-7-5-13-19-16/h8-11,16,18H,4-7,12-13H2,1-3H3. The number of benzene rings is 1. The lowest BCUT2D eigenvalue weighted by atomic mass is 9.87. The Labute approximate surface area is 117 Å². The molecular formula is C17H27NO. The average Bonchev–Trinajstić information content (AvgIpc) is 2.87. The molecule has 1 atom stereocenters. The van der Waals surface area contributed by atoms with Crippen molar-refractivity contribution in [2.45, 2.75) is 58.0 Å². The minimum absolute atomic E-state index is 0.234. The zero-order chi connectivity index (χ0) is 13.7. The van der Waals surface area contributed by atoms with Crippen molar-refractivity contribution in [2.24, 2.45) is 0 Å². The Morgan fingerprint density at radius 3 is 2.53 bits per heavy atom. The fraction of sp³-hybridized carbons (Fsp3) is 0.647. The maximum atomic E-state index is 5.63.